The summed E-state index contributed by atoms with van der Waals surface area (Å²) >= 11 is 2.01. The molecule has 1 amide bonds. The quantitative estimate of drug-likeness (QED) is 0.801. The monoisotopic (exact) mass is 382 g/mol. The zero-order chi connectivity index (χ0) is 14.7. The van der Waals surface area contributed by atoms with E-state index in [0.29, 0.717) is 9.13 Å². The molecule has 2 N–H and O–H groups in total. The van der Waals surface area contributed by atoms with Gasteiger partial charge in [-0.1, -0.05) is 6.07 Å². The van der Waals surface area contributed by atoms with E-state index in [9.17, 15) is 9.90 Å². The Morgan fingerprint density at radius 1 is 1.20 bits per heavy atom. The number of nitrogens with one attached hydrogen (secondary N) is 1. The van der Waals surface area contributed by atoms with E-state index < -0.39 is 0 Å². The van der Waals surface area contributed by atoms with Crippen molar-refractivity contribution in [3.63, 3.8) is 0 Å². The van der Waals surface area contributed by atoms with E-state index in [1.807, 2.05) is 65.9 Å². The Bertz CT molecular complexity index is 642. The fourth-order valence-electron chi connectivity index (χ4n) is 1.72. The zero-order valence-corrected chi connectivity index (χ0v) is 13.4. The van der Waals surface area contributed by atoms with E-state index in [-0.39, 0.29) is 11.7 Å². The Kier molecular flexibility index (Phi) is 4.49. The second-order valence-electron chi connectivity index (χ2n) is 4.57. The Balaban J connectivity index is 2.19. The highest BCUT2D eigenvalue weighted by molar-refractivity contribution is 14.1. The largest absolute Gasteiger partial charge is 0.507 e. The van der Waals surface area contributed by atoms with E-state index >= 15 is 0 Å². The normalized spacial score (nSPS) is 10.2. The molecular weight excluding hydrogens is 367 g/mol. The minimum absolute atomic E-state index is 0.111. The van der Waals surface area contributed by atoms with Crippen LogP contribution in [0.15, 0.2) is 42.5 Å². The van der Waals surface area contributed by atoms with Crippen molar-refractivity contribution >= 4 is 39.9 Å². The van der Waals surface area contributed by atoms with Crippen molar-refractivity contribution in [3.05, 3.63) is 51.6 Å². The van der Waals surface area contributed by atoms with Gasteiger partial charge in [0, 0.05) is 31.0 Å². The van der Waals surface area contributed by atoms with Crippen LogP contribution in [0.25, 0.3) is 0 Å². The summed E-state index contributed by atoms with van der Waals surface area (Å²) in [5.41, 5.74) is 2.16. The lowest BCUT2D eigenvalue weighted by Crippen LogP contribution is -2.13. The lowest BCUT2D eigenvalue weighted by molar-refractivity contribution is 0.102. The lowest BCUT2D eigenvalue weighted by atomic mass is 10.2. The number of hydrogen-bond donors (Lipinski definition) is 2. The lowest BCUT2D eigenvalue weighted by Gasteiger charge is -2.14. The van der Waals surface area contributed by atoms with Crippen molar-refractivity contribution in [2.75, 3.05) is 24.3 Å². The maximum absolute atomic E-state index is 12.1. The molecule has 0 aliphatic rings. The first-order chi connectivity index (χ1) is 9.47. The van der Waals surface area contributed by atoms with Crippen LogP contribution in [-0.4, -0.2) is 25.1 Å². The summed E-state index contributed by atoms with van der Waals surface area (Å²) in [7, 11) is 3.89. The molecule has 104 valence electrons. The fraction of sp³-hybridized carbons (Fsp3) is 0.133. The van der Waals surface area contributed by atoms with E-state index in [1.165, 1.54) is 6.07 Å². The first-order valence-electron chi connectivity index (χ1n) is 6.04. The molecular formula is C15H15IN2O2. The van der Waals surface area contributed by atoms with Crippen molar-refractivity contribution in [1.29, 1.82) is 0 Å². The van der Waals surface area contributed by atoms with Gasteiger partial charge >= 0.3 is 0 Å². The molecule has 2 aromatic carbocycles. The van der Waals surface area contributed by atoms with Crippen LogP contribution in [-0.2, 0) is 0 Å². The minimum atomic E-state index is -0.243. The molecule has 0 fully saturated rings. The minimum Gasteiger partial charge on any atom is -0.507 e. The summed E-state index contributed by atoms with van der Waals surface area (Å²) in [6, 6.07) is 12.4. The molecule has 0 aliphatic carbocycles. The van der Waals surface area contributed by atoms with Gasteiger partial charge < -0.3 is 15.3 Å². The molecule has 0 aromatic heterocycles. The number of carbonyl (C=O) groups excluding carboxylic acids is 1. The highest BCUT2D eigenvalue weighted by atomic mass is 127. The van der Waals surface area contributed by atoms with Crippen LogP contribution in [0.5, 0.6) is 5.75 Å². The molecule has 20 heavy (non-hydrogen) atoms. The molecule has 2 rings (SSSR count). The van der Waals surface area contributed by atoms with Gasteiger partial charge in [0.15, 0.2) is 0 Å². The van der Waals surface area contributed by atoms with E-state index in [2.05, 4.69) is 5.32 Å². The number of carbonyl (C=O) groups is 1. The molecule has 0 heterocycles. The Morgan fingerprint density at radius 3 is 2.60 bits per heavy atom. The van der Waals surface area contributed by atoms with Crippen LogP contribution in [0.4, 0.5) is 11.4 Å². The number of benzene rings is 2. The molecule has 0 radical (unpaired) electrons. The van der Waals surface area contributed by atoms with E-state index in [4.69, 9.17) is 0 Å². The van der Waals surface area contributed by atoms with Gasteiger partial charge in [0.2, 0.25) is 0 Å². The first-order valence-corrected chi connectivity index (χ1v) is 7.12. The third kappa shape index (κ3) is 3.41. The smallest absolute Gasteiger partial charge is 0.255 e. The number of phenolic OH excluding ortho intramolecular Hbond substituents is 1. The third-order valence-electron chi connectivity index (χ3n) is 2.83. The van der Waals surface area contributed by atoms with Crippen LogP contribution >= 0.6 is 22.6 Å². The maximum Gasteiger partial charge on any atom is 0.255 e. The molecule has 2 aromatic rings. The van der Waals surface area contributed by atoms with Gasteiger partial charge in [-0.2, -0.15) is 0 Å². The standard InChI is InChI=1S/C15H15IN2O2/c1-18(2)12-5-3-4-11(9-12)17-15(20)10-6-7-13(16)14(19)8-10/h3-9,19H,1-2H3,(H,17,20). The number of nitrogens with zero attached hydrogens (tertiary/aromatic N) is 1. The summed E-state index contributed by atoms with van der Waals surface area (Å²) in [6.45, 7) is 0. The van der Waals surface area contributed by atoms with Gasteiger partial charge in [-0.25, -0.2) is 0 Å². The number of anilines is 2. The molecule has 0 unspecified atom stereocenters. The van der Waals surface area contributed by atoms with E-state index in [0.717, 1.165) is 11.4 Å². The number of rotatable bonds is 3. The van der Waals surface area contributed by atoms with Crippen molar-refractivity contribution in [2.24, 2.45) is 0 Å². The average molecular weight is 382 g/mol. The Morgan fingerprint density at radius 2 is 1.95 bits per heavy atom. The van der Waals surface area contributed by atoms with Gasteiger partial charge in [0.1, 0.15) is 5.75 Å². The maximum atomic E-state index is 12.1. The van der Waals surface area contributed by atoms with Gasteiger partial charge in [-0.15, -0.1) is 0 Å². The highest BCUT2D eigenvalue weighted by Gasteiger charge is 2.09. The van der Waals surface area contributed by atoms with Crippen LogP contribution in [0, 0.1) is 3.57 Å². The molecule has 5 heteroatoms. The molecule has 0 saturated carbocycles. The third-order valence-corrected chi connectivity index (χ3v) is 3.74. The number of amides is 1. The van der Waals surface area contributed by atoms with Crippen molar-refractivity contribution in [2.45, 2.75) is 0 Å². The van der Waals surface area contributed by atoms with Crippen LogP contribution in [0.3, 0.4) is 0 Å². The Labute approximate surface area is 131 Å². The van der Waals surface area contributed by atoms with Crippen LogP contribution in [0.2, 0.25) is 0 Å². The molecule has 4 nitrogen and oxygen atoms in total. The fourth-order valence-corrected chi connectivity index (χ4v) is 2.05. The topological polar surface area (TPSA) is 52.6 Å². The second-order valence-corrected chi connectivity index (χ2v) is 5.73. The molecule has 0 bridgehead atoms. The number of aromatic hydroxyl groups is 1. The first kappa shape index (κ1) is 14.6. The highest BCUT2D eigenvalue weighted by Crippen LogP contribution is 2.22. The van der Waals surface area contributed by atoms with Crippen molar-refractivity contribution in [3.8, 4) is 5.75 Å². The summed E-state index contributed by atoms with van der Waals surface area (Å²) in [6.07, 6.45) is 0. The Hall–Kier alpha value is -1.76. The number of halogens is 1. The zero-order valence-electron chi connectivity index (χ0n) is 11.2. The predicted octanol–water partition coefficient (Wildman–Crippen LogP) is 3.32. The molecule has 0 atom stereocenters. The SMILES string of the molecule is CN(C)c1cccc(NC(=O)c2ccc(I)c(O)c2)c1. The van der Waals surface area contributed by atoms with Gasteiger partial charge in [0.25, 0.3) is 5.91 Å². The molecule has 0 saturated heterocycles. The van der Waals surface area contributed by atoms with Crippen molar-refractivity contribution < 1.29 is 9.90 Å². The van der Waals surface area contributed by atoms with Gasteiger partial charge in [-0.3, -0.25) is 4.79 Å². The van der Waals surface area contributed by atoms with Crippen molar-refractivity contribution in [1.82, 2.24) is 0 Å². The summed E-state index contributed by atoms with van der Waals surface area (Å²) in [5, 5.41) is 12.5. The van der Waals surface area contributed by atoms with Crippen LogP contribution in [0.1, 0.15) is 10.4 Å². The second kappa shape index (κ2) is 6.13. The molecule has 0 spiro atoms. The summed E-state index contributed by atoms with van der Waals surface area (Å²) in [4.78, 5) is 14.1. The van der Waals surface area contributed by atoms with E-state index in [1.54, 1.807) is 12.1 Å². The number of phenols is 1. The summed E-state index contributed by atoms with van der Waals surface area (Å²) < 4.78 is 0.716. The predicted molar refractivity (Wildman–Crippen MR) is 89.5 cm³/mol. The molecule has 0 aliphatic heterocycles. The summed E-state index contributed by atoms with van der Waals surface area (Å²) in [5.74, 6) is -0.132. The van der Waals surface area contributed by atoms with Gasteiger partial charge in [0.05, 0.1) is 3.57 Å². The van der Waals surface area contributed by atoms with Crippen LogP contribution < -0.4 is 10.2 Å². The average Bonchev–Trinajstić information content (AvgIpc) is 2.42. The number of hydrogen-bond acceptors (Lipinski definition) is 3. The van der Waals surface area contributed by atoms with Gasteiger partial charge in [-0.05, 0) is 59.0 Å².